The maximum absolute atomic E-state index is 12.7. The van der Waals surface area contributed by atoms with Crippen molar-refractivity contribution in [2.24, 2.45) is 0 Å². The van der Waals surface area contributed by atoms with E-state index < -0.39 is 11.8 Å². The molecule has 1 aliphatic rings. The molecule has 2 amide bonds. The van der Waals surface area contributed by atoms with Crippen LogP contribution in [0.3, 0.4) is 0 Å². The van der Waals surface area contributed by atoms with Gasteiger partial charge in [0.2, 0.25) is 0 Å². The Morgan fingerprint density at radius 3 is 2.15 bits per heavy atom. The highest BCUT2D eigenvalue weighted by atomic mass is 35.5. The van der Waals surface area contributed by atoms with Crippen molar-refractivity contribution in [1.82, 2.24) is 0 Å². The van der Waals surface area contributed by atoms with Gasteiger partial charge in [0.25, 0.3) is 11.8 Å². The number of carbonyl (C=O) groups is 2. The lowest BCUT2D eigenvalue weighted by Crippen LogP contribution is -2.32. The lowest BCUT2D eigenvalue weighted by Gasteiger charge is -2.15. The molecule has 1 aliphatic heterocycles. The van der Waals surface area contributed by atoms with Gasteiger partial charge in [-0.25, -0.2) is 4.90 Å². The Labute approximate surface area is 156 Å². The fourth-order valence-electron chi connectivity index (χ4n) is 2.52. The number of rotatable bonds is 6. The van der Waals surface area contributed by atoms with Crippen molar-refractivity contribution in [3.05, 3.63) is 59.3 Å². The first-order chi connectivity index (χ1) is 12.5. The van der Waals surface area contributed by atoms with Crippen LogP contribution in [0, 0.1) is 0 Å². The van der Waals surface area contributed by atoms with E-state index in [-0.39, 0.29) is 10.7 Å². The van der Waals surface area contributed by atoms with Crippen molar-refractivity contribution >= 4 is 34.8 Å². The first kappa shape index (κ1) is 17.8. The van der Waals surface area contributed by atoms with Crippen molar-refractivity contribution < 1.29 is 19.1 Å². The lowest BCUT2D eigenvalue weighted by atomic mass is 10.2. The summed E-state index contributed by atoms with van der Waals surface area (Å²) in [5, 5.41) is 2.76. The van der Waals surface area contributed by atoms with Gasteiger partial charge in [0, 0.05) is 5.69 Å². The zero-order chi connectivity index (χ0) is 18.7. The highest BCUT2D eigenvalue weighted by Crippen LogP contribution is 2.31. The molecule has 1 N–H and O–H groups in total. The molecular formula is C19H17ClN2O4. The molecule has 0 aliphatic carbocycles. The average molecular weight is 373 g/mol. The molecule has 0 saturated carbocycles. The number of methoxy groups -OCH3 is 1. The molecular weight excluding hydrogens is 356 g/mol. The summed E-state index contributed by atoms with van der Waals surface area (Å²) in [7, 11) is 1.54. The van der Waals surface area contributed by atoms with Gasteiger partial charge in [-0.2, -0.15) is 0 Å². The Morgan fingerprint density at radius 2 is 1.58 bits per heavy atom. The molecule has 0 fully saturated rings. The second-order valence-corrected chi connectivity index (χ2v) is 5.79. The summed E-state index contributed by atoms with van der Waals surface area (Å²) < 4.78 is 10.5. The van der Waals surface area contributed by atoms with Crippen LogP contribution in [0.1, 0.15) is 6.92 Å². The van der Waals surface area contributed by atoms with Gasteiger partial charge < -0.3 is 14.8 Å². The fraction of sp³-hybridized carbons (Fsp3) is 0.158. The minimum atomic E-state index is -0.574. The maximum atomic E-state index is 12.7. The molecule has 2 aromatic carbocycles. The first-order valence-electron chi connectivity index (χ1n) is 7.97. The largest absolute Gasteiger partial charge is 0.497 e. The number of amides is 2. The van der Waals surface area contributed by atoms with Crippen LogP contribution in [-0.2, 0) is 9.59 Å². The highest BCUT2D eigenvalue weighted by molar-refractivity contribution is 6.53. The Kier molecular flexibility index (Phi) is 5.14. The van der Waals surface area contributed by atoms with E-state index in [0.717, 1.165) is 4.90 Å². The zero-order valence-electron chi connectivity index (χ0n) is 14.3. The van der Waals surface area contributed by atoms with Gasteiger partial charge in [-0.15, -0.1) is 0 Å². The normalized spacial score (nSPS) is 14.0. The summed E-state index contributed by atoms with van der Waals surface area (Å²) in [6.07, 6.45) is 0. The molecule has 134 valence electrons. The van der Waals surface area contributed by atoms with E-state index in [1.165, 1.54) is 0 Å². The van der Waals surface area contributed by atoms with Crippen LogP contribution in [0.2, 0.25) is 0 Å². The predicted molar refractivity (Wildman–Crippen MR) is 99.6 cm³/mol. The minimum absolute atomic E-state index is 0.0386. The van der Waals surface area contributed by atoms with Gasteiger partial charge in [0.05, 0.1) is 19.4 Å². The van der Waals surface area contributed by atoms with E-state index in [9.17, 15) is 9.59 Å². The minimum Gasteiger partial charge on any atom is -0.497 e. The van der Waals surface area contributed by atoms with E-state index in [1.54, 1.807) is 55.6 Å². The molecule has 0 atom stereocenters. The first-order valence-corrected chi connectivity index (χ1v) is 8.35. The number of ether oxygens (including phenoxy) is 2. The molecule has 6 nitrogen and oxygen atoms in total. The number of imide groups is 1. The Hall–Kier alpha value is -2.99. The lowest BCUT2D eigenvalue weighted by molar-refractivity contribution is -0.120. The van der Waals surface area contributed by atoms with Crippen LogP contribution in [0.15, 0.2) is 59.3 Å². The monoisotopic (exact) mass is 372 g/mol. The van der Waals surface area contributed by atoms with Crippen LogP contribution in [0.4, 0.5) is 11.4 Å². The zero-order valence-corrected chi connectivity index (χ0v) is 15.0. The highest BCUT2D eigenvalue weighted by Gasteiger charge is 2.38. The molecule has 7 heteroatoms. The number of nitrogens with zero attached hydrogens (tertiary/aromatic N) is 1. The third kappa shape index (κ3) is 3.36. The number of carbonyl (C=O) groups excluding carboxylic acids is 2. The number of nitrogens with one attached hydrogen (secondary N) is 1. The molecule has 1 heterocycles. The summed E-state index contributed by atoms with van der Waals surface area (Å²) in [6, 6.07) is 13.6. The van der Waals surface area contributed by atoms with Crippen molar-refractivity contribution in [3.63, 3.8) is 0 Å². The molecule has 0 unspecified atom stereocenters. The SMILES string of the molecule is CCOc1ccc(NC2=C(Cl)C(=O)N(c3ccc(OC)cc3)C2=O)cc1. The van der Waals surface area contributed by atoms with Gasteiger partial charge in [-0.05, 0) is 55.5 Å². The Balaban J connectivity index is 1.81. The third-order valence-corrected chi connectivity index (χ3v) is 4.14. The number of anilines is 2. The maximum Gasteiger partial charge on any atom is 0.283 e. The van der Waals surface area contributed by atoms with Crippen LogP contribution in [0.5, 0.6) is 11.5 Å². The Morgan fingerprint density at radius 1 is 0.962 bits per heavy atom. The van der Waals surface area contributed by atoms with Crippen molar-refractivity contribution in [1.29, 1.82) is 0 Å². The number of halogens is 1. The molecule has 3 rings (SSSR count). The standard InChI is InChI=1S/C19H17ClN2O4/c1-3-26-15-8-4-12(5-9-15)21-17-16(20)18(23)22(19(17)24)13-6-10-14(25-2)11-7-13/h4-11,21H,3H2,1-2H3. The summed E-state index contributed by atoms with van der Waals surface area (Å²) in [4.78, 5) is 26.2. The van der Waals surface area contributed by atoms with Gasteiger partial charge in [0.1, 0.15) is 22.2 Å². The van der Waals surface area contributed by atoms with Gasteiger partial charge in [0.15, 0.2) is 0 Å². The molecule has 2 aromatic rings. The second kappa shape index (κ2) is 7.49. The number of benzene rings is 2. The van der Waals surface area contributed by atoms with Crippen LogP contribution in [0.25, 0.3) is 0 Å². The fourth-order valence-corrected chi connectivity index (χ4v) is 2.74. The van der Waals surface area contributed by atoms with E-state index in [4.69, 9.17) is 21.1 Å². The van der Waals surface area contributed by atoms with Crippen LogP contribution >= 0.6 is 11.6 Å². The third-order valence-electron chi connectivity index (χ3n) is 3.79. The van der Waals surface area contributed by atoms with Crippen molar-refractivity contribution in [2.45, 2.75) is 6.92 Å². The van der Waals surface area contributed by atoms with Crippen LogP contribution in [-0.4, -0.2) is 25.5 Å². The predicted octanol–water partition coefficient (Wildman–Crippen LogP) is 3.53. The molecule has 26 heavy (non-hydrogen) atoms. The van der Waals surface area contributed by atoms with E-state index in [0.29, 0.717) is 29.5 Å². The molecule has 0 aromatic heterocycles. The summed E-state index contributed by atoms with van der Waals surface area (Å²) >= 11 is 6.11. The summed E-state index contributed by atoms with van der Waals surface area (Å²) in [5.41, 5.74) is 1.08. The number of hydrogen-bond donors (Lipinski definition) is 1. The topological polar surface area (TPSA) is 67.9 Å². The molecule has 0 radical (unpaired) electrons. The van der Waals surface area contributed by atoms with E-state index in [1.807, 2.05) is 6.92 Å². The van der Waals surface area contributed by atoms with Crippen molar-refractivity contribution in [3.8, 4) is 11.5 Å². The van der Waals surface area contributed by atoms with E-state index in [2.05, 4.69) is 5.32 Å². The molecule has 0 saturated heterocycles. The summed E-state index contributed by atoms with van der Waals surface area (Å²) in [5.74, 6) is 0.251. The molecule has 0 bridgehead atoms. The van der Waals surface area contributed by atoms with Crippen LogP contribution < -0.4 is 19.7 Å². The summed E-state index contributed by atoms with van der Waals surface area (Å²) in [6.45, 7) is 2.46. The van der Waals surface area contributed by atoms with Gasteiger partial charge in [-0.1, -0.05) is 11.6 Å². The van der Waals surface area contributed by atoms with Gasteiger partial charge in [-0.3, -0.25) is 9.59 Å². The smallest absolute Gasteiger partial charge is 0.283 e. The van der Waals surface area contributed by atoms with Crippen molar-refractivity contribution in [2.75, 3.05) is 23.9 Å². The second-order valence-electron chi connectivity index (χ2n) is 5.42. The van der Waals surface area contributed by atoms with E-state index >= 15 is 0 Å². The average Bonchev–Trinajstić information content (AvgIpc) is 2.87. The van der Waals surface area contributed by atoms with Gasteiger partial charge >= 0.3 is 0 Å². The molecule has 0 spiro atoms. The Bertz CT molecular complexity index is 860. The number of hydrogen-bond acceptors (Lipinski definition) is 5. The quantitative estimate of drug-likeness (QED) is 0.786.